The summed E-state index contributed by atoms with van der Waals surface area (Å²) in [5.41, 5.74) is 3.29. The highest BCUT2D eigenvalue weighted by Gasteiger charge is 2.23. The van der Waals surface area contributed by atoms with Gasteiger partial charge in [0, 0.05) is 24.2 Å². The summed E-state index contributed by atoms with van der Waals surface area (Å²) in [5, 5.41) is 7.40. The van der Waals surface area contributed by atoms with E-state index in [0.29, 0.717) is 12.5 Å². The molecule has 0 aliphatic carbocycles. The van der Waals surface area contributed by atoms with E-state index in [2.05, 4.69) is 26.7 Å². The van der Waals surface area contributed by atoms with Gasteiger partial charge in [-0.3, -0.25) is 9.79 Å². The monoisotopic (exact) mass is 357 g/mol. The Morgan fingerprint density at radius 3 is 2.84 bits per heavy atom. The van der Waals surface area contributed by atoms with Gasteiger partial charge in [-0.1, -0.05) is 18.2 Å². The van der Waals surface area contributed by atoms with Crippen molar-refractivity contribution < 1.29 is 4.79 Å². The van der Waals surface area contributed by atoms with E-state index >= 15 is 0 Å². The topological polar surface area (TPSA) is 69.6 Å². The number of anilines is 1. The fourth-order valence-corrected chi connectivity index (χ4v) is 3.85. The predicted octanol–water partition coefficient (Wildman–Crippen LogP) is 2.01. The summed E-state index contributed by atoms with van der Waals surface area (Å²) in [6.45, 7) is 5.61. The van der Waals surface area contributed by atoms with E-state index in [1.54, 1.807) is 18.4 Å². The van der Waals surface area contributed by atoms with Gasteiger partial charge in [0.1, 0.15) is 0 Å². The van der Waals surface area contributed by atoms with Crippen LogP contribution in [0, 0.1) is 13.8 Å². The minimum atomic E-state index is 0.0534. The first-order valence-corrected chi connectivity index (χ1v) is 9.16. The Morgan fingerprint density at radius 2 is 2.12 bits per heavy atom. The molecule has 2 heterocycles. The SMILES string of the molecule is CN=C(NCC(=O)N1CCc2ccccc21)NCc1sc(C)nc1C. The Kier molecular flexibility index (Phi) is 5.33. The number of carbonyl (C=O) groups is 1. The molecule has 1 aliphatic heterocycles. The van der Waals surface area contributed by atoms with Gasteiger partial charge in [-0.05, 0) is 31.9 Å². The number of fused-ring (bicyclic) bond motifs is 1. The molecule has 6 nitrogen and oxygen atoms in total. The number of hydrogen-bond donors (Lipinski definition) is 2. The maximum absolute atomic E-state index is 12.5. The molecule has 132 valence electrons. The van der Waals surface area contributed by atoms with Gasteiger partial charge in [0.05, 0.1) is 23.8 Å². The highest BCUT2D eigenvalue weighted by Crippen LogP contribution is 2.27. The number of aromatic nitrogens is 1. The second-order valence-electron chi connectivity index (χ2n) is 5.94. The van der Waals surface area contributed by atoms with Crippen molar-refractivity contribution in [1.29, 1.82) is 0 Å². The van der Waals surface area contributed by atoms with Gasteiger partial charge in [0.15, 0.2) is 5.96 Å². The highest BCUT2D eigenvalue weighted by atomic mass is 32.1. The Morgan fingerprint density at radius 1 is 1.32 bits per heavy atom. The molecule has 2 N–H and O–H groups in total. The minimum Gasteiger partial charge on any atom is -0.351 e. The average molecular weight is 357 g/mol. The molecule has 0 bridgehead atoms. The van der Waals surface area contributed by atoms with Gasteiger partial charge in [0.25, 0.3) is 0 Å². The molecule has 0 saturated carbocycles. The first kappa shape index (κ1) is 17.4. The molecule has 3 rings (SSSR count). The number of benzene rings is 1. The molecule has 1 aliphatic rings. The van der Waals surface area contributed by atoms with Crippen LogP contribution in [0.15, 0.2) is 29.3 Å². The second kappa shape index (κ2) is 7.65. The summed E-state index contributed by atoms with van der Waals surface area (Å²) in [7, 11) is 1.70. The van der Waals surface area contributed by atoms with Gasteiger partial charge >= 0.3 is 0 Å². The van der Waals surface area contributed by atoms with E-state index in [4.69, 9.17) is 0 Å². The number of para-hydroxylation sites is 1. The van der Waals surface area contributed by atoms with Crippen molar-refractivity contribution >= 4 is 28.9 Å². The van der Waals surface area contributed by atoms with Crippen LogP contribution in [-0.4, -0.2) is 37.0 Å². The second-order valence-corrected chi connectivity index (χ2v) is 7.23. The molecule has 25 heavy (non-hydrogen) atoms. The third kappa shape index (κ3) is 3.99. The number of nitrogens with zero attached hydrogens (tertiary/aromatic N) is 3. The van der Waals surface area contributed by atoms with Gasteiger partial charge in [-0.15, -0.1) is 11.3 Å². The van der Waals surface area contributed by atoms with E-state index in [-0.39, 0.29) is 12.5 Å². The molecule has 0 spiro atoms. The summed E-state index contributed by atoms with van der Waals surface area (Å²) in [6, 6.07) is 8.07. The first-order chi connectivity index (χ1) is 12.1. The molecule has 0 atom stereocenters. The van der Waals surface area contributed by atoms with E-state index in [9.17, 15) is 4.79 Å². The maximum atomic E-state index is 12.5. The molecule has 1 aromatic carbocycles. The molecule has 0 unspecified atom stereocenters. The lowest BCUT2D eigenvalue weighted by Gasteiger charge is -2.18. The maximum Gasteiger partial charge on any atom is 0.246 e. The summed E-state index contributed by atoms with van der Waals surface area (Å²) in [5.74, 6) is 0.670. The zero-order chi connectivity index (χ0) is 17.8. The molecular formula is C18H23N5OS. The molecule has 1 amide bonds. The van der Waals surface area contributed by atoms with Crippen LogP contribution in [0.25, 0.3) is 0 Å². The fraction of sp³-hybridized carbons (Fsp3) is 0.389. The summed E-state index contributed by atoms with van der Waals surface area (Å²) in [4.78, 5) is 24.2. The van der Waals surface area contributed by atoms with Crippen molar-refractivity contribution in [2.75, 3.05) is 25.0 Å². The number of thiazole rings is 1. The molecular weight excluding hydrogens is 334 g/mol. The van der Waals surface area contributed by atoms with E-state index in [1.807, 2.05) is 36.9 Å². The van der Waals surface area contributed by atoms with Crippen LogP contribution < -0.4 is 15.5 Å². The number of amides is 1. The zero-order valence-electron chi connectivity index (χ0n) is 14.8. The lowest BCUT2D eigenvalue weighted by Crippen LogP contribution is -2.44. The Hall–Kier alpha value is -2.41. The minimum absolute atomic E-state index is 0.0534. The van der Waals surface area contributed by atoms with Gasteiger partial charge in [-0.25, -0.2) is 4.98 Å². The molecule has 1 aromatic heterocycles. The van der Waals surface area contributed by atoms with E-state index < -0.39 is 0 Å². The summed E-state index contributed by atoms with van der Waals surface area (Å²) >= 11 is 1.67. The standard InChI is InChI=1S/C18H23N5OS/c1-12-16(25-13(2)22-12)10-20-18(19-3)21-11-17(24)23-9-8-14-6-4-5-7-15(14)23/h4-7H,8-11H2,1-3H3,(H2,19,20,21). The Balaban J connectivity index is 1.53. The number of aliphatic imine (C=N–C) groups is 1. The fourth-order valence-electron chi connectivity index (χ4n) is 2.97. The van der Waals surface area contributed by atoms with Gasteiger partial charge in [-0.2, -0.15) is 0 Å². The zero-order valence-corrected chi connectivity index (χ0v) is 15.6. The summed E-state index contributed by atoms with van der Waals surface area (Å²) in [6.07, 6.45) is 0.916. The van der Waals surface area contributed by atoms with Crippen molar-refractivity contribution in [3.63, 3.8) is 0 Å². The third-order valence-electron chi connectivity index (χ3n) is 4.23. The van der Waals surface area contributed by atoms with Crippen molar-refractivity contribution in [1.82, 2.24) is 15.6 Å². The Bertz CT molecular complexity index is 799. The molecule has 0 fully saturated rings. The third-order valence-corrected chi connectivity index (χ3v) is 5.31. The van der Waals surface area contributed by atoms with Crippen LogP contribution in [0.3, 0.4) is 0 Å². The van der Waals surface area contributed by atoms with Gasteiger partial charge in [0.2, 0.25) is 5.91 Å². The smallest absolute Gasteiger partial charge is 0.246 e. The lowest BCUT2D eigenvalue weighted by atomic mass is 10.2. The molecule has 0 radical (unpaired) electrons. The average Bonchev–Trinajstić information content (AvgIpc) is 3.17. The van der Waals surface area contributed by atoms with Crippen molar-refractivity contribution in [2.45, 2.75) is 26.8 Å². The van der Waals surface area contributed by atoms with Crippen molar-refractivity contribution in [3.05, 3.63) is 45.4 Å². The number of aryl methyl sites for hydroxylation is 2. The van der Waals surface area contributed by atoms with Crippen LogP contribution >= 0.6 is 11.3 Å². The lowest BCUT2D eigenvalue weighted by molar-refractivity contribution is -0.117. The molecule has 2 aromatic rings. The van der Waals surface area contributed by atoms with E-state index in [0.717, 1.165) is 29.4 Å². The highest BCUT2D eigenvalue weighted by molar-refractivity contribution is 7.11. The number of hydrogen-bond acceptors (Lipinski definition) is 4. The normalized spacial score (nSPS) is 13.7. The first-order valence-electron chi connectivity index (χ1n) is 8.34. The van der Waals surface area contributed by atoms with Crippen LogP contribution in [0.4, 0.5) is 5.69 Å². The summed E-state index contributed by atoms with van der Waals surface area (Å²) < 4.78 is 0. The van der Waals surface area contributed by atoms with Crippen LogP contribution in [0.5, 0.6) is 0 Å². The van der Waals surface area contributed by atoms with Crippen molar-refractivity contribution in [2.24, 2.45) is 4.99 Å². The quantitative estimate of drug-likeness (QED) is 0.649. The van der Waals surface area contributed by atoms with E-state index in [1.165, 1.54) is 10.4 Å². The van der Waals surface area contributed by atoms with Crippen molar-refractivity contribution in [3.8, 4) is 0 Å². The predicted molar refractivity (Wildman–Crippen MR) is 102 cm³/mol. The number of nitrogens with one attached hydrogen (secondary N) is 2. The number of guanidine groups is 1. The van der Waals surface area contributed by atoms with Crippen LogP contribution in [0.2, 0.25) is 0 Å². The molecule has 7 heteroatoms. The van der Waals surface area contributed by atoms with Crippen LogP contribution in [0.1, 0.15) is 21.1 Å². The molecule has 0 saturated heterocycles. The van der Waals surface area contributed by atoms with Gasteiger partial charge < -0.3 is 15.5 Å². The number of carbonyl (C=O) groups excluding carboxylic acids is 1. The van der Waals surface area contributed by atoms with Crippen LogP contribution in [-0.2, 0) is 17.8 Å². The number of rotatable bonds is 4. The Labute approximate surface area is 152 Å². The largest absolute Gasteiger partial charge is 0.351 e.